The zero-order valence-electron chi connectivity index (χ0n) is 12.7. The fourth-order valence-electron chi connectivity index (χ4n) is 2.08. The van der Waals surface area contributed by atoms with Crippen LogP contribution in [0, 0.1) is 5.82 Å². The third-order valence-electron chi connectivity index (χ3n) is 3.24. The lowest BCUT2D eigenvalue weighted by Gasteiger charge is -2.03. The Balaban J connectivity index is 1.71. The number of carbonyl (C=O) groups excluding carboxylic acids is 1. The van der Waals surface area contributed by atoms with Gasteiger partial charge in [0.05, 0.1) is 18.2 Å². The third-order valence-corrected chi connectivity index (χ3v) is 3.24. The number of carbonyl (C=O) groups is 1. The van der Waals surface area contributed by atoms with Crippen molar-refractivity contribution in [3.05, 3.63) is 65.8 Å². The van der Waals surface area contributed by atoms with E-state index in [4.69, 9.17) is 14.0 Å². The molecule has 1 heterocycles. The van der Waals surface area contributed by atoms with E-state index < -0.39 is 11.8 Å². The summed E-state index contributed by atoms with van der Waals surface area (Å²) in [4.78, 5) is 16.0. The van der Waals surface area contributed by atoms with Crippen LogP contribution in [-0.2, 0) is 11.3 Å². The Kier molecular flexibility index (Phi) is 4.51. The Labute approximate surface area is 136 Å². The van der Waals surface area contributed by atoms with Crippen LogP contribution in [0.2, 0.25) is 0 Å². The lowest BCUT2D eigenvalue weighted by Crippen LogP contribution is -2.07. The summed E-state index contributed by atoms with van der Waals surface area (Å²) < 4.78 is 28.8. The molecule has 0 spiro atoms. The van der Waals surface area contributed by atoms with Gasteiger partial charge < -0.3 is 14.0 Å². The summed E-state index contributed by atoms with van der Waals surface area (Å²) in [5.41, 5.74) is 0.498. The fourth-order valence-corrected chi connectivity index (χ4v) is 2.08. The van der Waals surface area contributed by atoms with Crippen LogP contribution < -0.4 is 4.74 Å². The van der Waals surface area contributed by atoms with Crippen molar-refractivity contribution in [1.82, 2.24) is 10.1 Å². The van der Waals surface area contributed by atoms with Gasteiger partial charge in [0, 0.05) is 0 Å². The molecule has 0 aliphatic carbocycles. The zero-order chi connectivity index (χ0) is 16.9. The van der Waals surface area contributed by atoms with Crippen LogP contribution >= 0.6 is 0 Å². The van der Waals surface area contributed by atoms with Gasteiger partial charge in [-0.15, -0.1) is 0 Å². The third kappa shape index (κ3) is 3.24. The summed E-state index contributed by atoms with van der Waals surface area (Å²) in [7, 11) is 1.54. The molecular weight excluding hydrogens is 315 g/mol. The maximum atomic E-state index is 13.5. The highest BCUT2D eigenvalue weighted by Crippen LogP contribution is 2.27. The molecule has 6 nitrogen and oxygen atoms in total. The Bertz CT molecular complexity index is 863. The molecule has 0 saturated heterocycles. The molecule has 0 amide bonds. The lowest BCUT2D eigenvalue weighted by molar-refractivity contribution is 0.0424. The summed E-state index contributed by atoms with van der Waals surface area (Å²) in [6.07, 6.45) is 0. The van der Waals surface area contributed by atoms with Crippen LogP contribution in [0.3, 0.4) is 0 Å². The number of halogens is 1. The fraction of sp³-hybridized carbons (Fsp3) is 0.118. The first kappa shape index (κ1) is 15.7. The first-order valence-electron chi connectivity index (χ1n) is 7.06. The van der Waals surface area contributed by atoms with Gasteiger partial charge in [-0.25, -0.2) is 9.18 Å². The molecule has 3 rings (SSSR count). The number of ether oxygens (including phenoxy) is 2. The van der Waals surface area contributed by atoms with Crippen LogP contribution in [0.4, 0.5) is 4.39 Å². The highest BCUT2D eigenvalue weighted by molar-refractivity contribution is 5.89. The van der Waals surface area contributed by atoms with E-state index in [-0.39, 0.29) is 18.1 Å². The zero-order valence-corrected chi connectivity index (χ0v) is 12.7. The maximum absolute atomic E-state index is 13.5. The van der Waals surface area contributed by atoms with Gasteiger partial charge in [-0.3, -0.25) is 0 Å². The van der Waals surface area contributed by atoms with Gasteiger partial charge in [-0.1, -0.05) is 29.4 Å². The number of rotatable bonds is 5. The number of benzene rings is 2. The second kappa shape index (κ2) is 6.91. The number of hydrogen-bond donors (Lipinski definition) is 0. The van der Waals surface area contributed by atoms with Crippen molar-refractivity contribution in [3.8, 4) is 17.1 Å². The van der Waals surface area contributed by atoms with E-state index in [0.717, 1.165) is 0 Å². The van der Waals surface area contributed by atoms with Crippen LogP contribution in [0.15, 0.2) is 53.1 Å². The van der Waals surface area contributed by atoms with Crippen LogP contribution in [-0.4, -0.2) is 23.2 Å². The highest BCUT2D eigenvalue weighted by Gasteiger charge is 2.16. The number of hydrogen-bond acceptors (Lipinski definition) is 6. The second-order valence-electron chi connectivity index (χ2n) is 4.77. The number of aromatic nitrogens is 2. The SMILES string of the molecule is COc1ccccc1-c1noc(COC(=O)c2ccccc2F)n1. The van der Waals surface area contributed by atoms with Gasteiger partial charge in [-0.05, 0) is 24.3 Å². The lowest BCUT2D eigenvalue weighted by atomic mass is 10.2. The molecule has 0 saturated carbocycles. The monoisotopic (exact) mass is 328 g/mol. The number of nitrogens with zero attached hydrogens (tertiary/aromatic N) is 2. The minimum atomic E-state index is -0.801. The van der Waals surface area contributed by atoms with Crippen molar-refractivity contribution in [2.24, 2.45) is 0 Å². The predicted octanol–water partition coefficient (Wildman–Crippen LogP) is 3.24. The number of methoxy groups -OCH3 is 1. The smallest absolute Gasteiger partial charge is 0.341 e. The van der Waals surface area contributed by atoms with Crippen molar-refractivity contribution < 1.29 is 23.2 Å². The van der Waals surface area contributed by atoms with Crippen LogP contribution in [0.5, 0.6) is 5.75 Å². The predicted molar refractivity (Wildman–Crippen MR) is 81.8 cm³/mol. The minimum absolute atomic E-state index is 0.0978. The Morgan fingerprint density at radius 3 is 2.71 bits per heavy atom. The van der Waals surface area contributed by atoms with Gasteiger partial charge in [0.1, 0.15) is 11.6 Å². The standard InChI is InChI=1S/C17H13FN2O4/c1-22-14-9-5-3-7-12(14)16-19-15(24-20-16)10-23-17(21)11-6-2-4-8-13(11)18/h2-9H,10H2,1H3. The minimum Gasteiger partial charge on any atom is -0.496 e. The average molecular weight is 328 g/mol. The average Bonchev–Trinajstić information content (AvgIpc) is 3.09. The molecule has 1 aromatic heterocycles. The van der Waals surface area contributed by atoms with Crippen molar-refractivity contribution in [3.63, 3.8) is 0 Å². The largest absolute Gasteiger partial charge is 0.496 e. The van der Waals surface area contributed by atoms with Gasteiger partial charge in [0.25, 0.3) is 5.89 Å². The summed E-state index contributed by atoms with van der Waals surface area (Å²) in [5, 5.41) is 3.83. The second-order valence-corrected chi connectivity index (χ2v) is 4.77. The quantitative estimate of drug-likeness (QED) is 0.669. The molecule has 0 atom stereocenters. The molecule has 122 valence electrons. The van der Waals surface area contributed by atoms with E-state index >= 15 is 0 Å². The molecule has 2 aromatic carbocycles. The van der Waals surface area contributed by atoms with Crippen molar-refractivity contribution in [2.45, 2.75) is 6.61 Å². The van der Waals surface area contributed by atoms with E-state index in [2.05, 4.69) is 10.1 Å². The highest BCUT2D eigenvalue weighted by atomic mass is 19.1. The Morgan fingerprint density at radius 1 is 1.17 bits per heavy atom. The summed E-state index contributed by atoms with van der Waals surface area (Å²) in [6.45, 7) is -0.255. The van der Waals surface area contributed by atoms with Gasteiger partial charge in [-0.2, -0.15) is 4.98 Å². The van der Waals surface area contributed by atoms with E-state index in [9.17, 15) is 9.18 Å². The van der Waals surface area contributed by atoms with Crippen LogP contribution in [0.25, 0.3) is 11.4 Å². The molecule has 0 bridgehead atoms. The molecule has 3 aromatic rings. The topological polar surface area (TPSA) is 74.5 Å². The summed E-state index contributed by atoms with van der Waals surface area (Å²) in [6, 6.07) is 12.7. The van der Waals surface area contributed by atoms with Gasteiger partial charge >= 0.3 is 5.97 Å². The number of esters is 1. The van der Waals surface area contributed by atoms with Crippen molar-refractivity contribution in [2.75, 3.05) is 7.11 Å². The molecule has 0 aliphatic heterocycles. The van der Waals surface area contributed by atoms with Crippen molar-refractivity contribution >= 4 is 5.97 Å². The van der Waals surface area contributed by atoms with E-state index in [1.54, 1.807) is 18.2 Å². The first-order valence-corrected chi connectivity index (χ1v) is 7.06. The van der Waals surface area contributed by atoms with E-state index in [1.165, 1.54) is 25.3 Å². The molecule has 0 N–H and O–H groups in total. The first-order chi connectivity index (χ1) is 11.7. The Hall–Kier alpha value is -3.22. The molecule has 7 heteroatoms. The molecule has 0 radical (unpaired) electrons. The van der Waals surface area contributed by atoms with E-state index in [1.807, 2.05) is 12.1 Å². The van der Waals surface area contributed by atoms with Crippen molar-refractivity contribution in [1.29, 1.82) is 0 Å². The Morgan fingerprint density at radius 2 is 1.92 bits per heavy atom. The van der Waals surface area contributed by atoms with Crippen LogP contribution in [0.1, 0.15) is 16.2 Å². The number of para-hydroxylation sites is 1. The van der Waals surface area contributed by atoms with Gasteiger partial charge in [0.15, 0.2) is 6.61 Å². The maximum Gasteiger partial charge on any atom is 0.341 e. The summed E-state index contributed by atoms with van der Waals surface area (Å²) in [5.74, 6) is -0.453. The molecule has 0 aliphatic rings. The molecule has 0 fully saturated rings. The van der Waals surface area contributed by atoms with Gasteiger partial charge in [0.2, 0.25) is 5.82 Å². The summed E-state index contributed by atoms with van der Waals surface area (Å²) >= 11 is 0. The molecular formula is C17H13FN2O4. The normalized spacial score (nSPS) is 10.4. The molecule has 24 heavy (non-hydrogen) atoms. The molecule has 0 unspecified atom stereocenters. The van der Waals surface area contributed by atoms with E-state index in [0.29, 0.717) is 17.1 Å².